The quantitative estimate of drug-likeness (QED) is 0.620. The zero-order chi connectivity index (χ0) is 13.4. The van der Waals surface area contributed by atoms with E-state index in [9.17, 15) is 10.2 Å². The molecule has 0 fully saturated rings. The van der Waals surface area contributed by atoms with Gasteiger partial charge in [-0.05, 0) is 32.4 Å². The van der Waals surface area contributed by atoms with Gasteiger partial charge in [-0.15, -0.1) is 0 Å². The van der Waals surface area contributed by atoms with Gasteiger partial charge >= 0.3 is 0 Å². The van der Waals surface area contributed by atoms with Crippen molar-refractivity contribution in [3.8, 4) is 11.5 Å². The minimum absolute atomic E-state index is 0.197. The number of aromatic hydroxyl groups is 1. The van der Waals surface area contributed by atoms with Crippen LogP contribution in [-0.4, -0.2) is 29.5 Å². The third-order valence-electron chi connectivity index (χ3n) is 2.82. The molecule has 0 saturated carbocycles. The lowest BCUT2D eigenvalue weighted by Crippen LogP contribution is -2.19. The fourth-order valence-corrected chi connectivity index (χ4v) is 1.68. The molecule has 0 bridgehead atoms. The van der Waals surface area contributed by atoms with Crippen LogP contribution in [0.25, 0.3) is 0 Å². The van der Waals surface area contributed by atoms with Gasteiger partial charge in [-0.1, -0.05) is 19.1 Å². The van der Waals surface area contributed by atoms with Crippen LogP contribution in [0.4, 0.5) is 0 Å². The molecular formula is C14H23NO3. The number of nitrogens with one attached hydrogen (secondary N) is 1. The highest BCUT2D eigenvalue weighted by Crippen LogP contribution is 2.29. The molecule has 0 aliphatic carbocycles. The summed E-state index contributed by atoms with van der Waals surface area (Å²) in [5.74, 6) is 0.716. The molecular weight excluding hydrogens is 230 g/mol. The lowest BCUT2D eigenvalue weighted by molar-refractivity contribution is 0.159. The summed E-state index contributed by atoms with van der Waals surface area (Å²) < 4.78 is 5.32. The second kappa shape index (κ2) is 7.95. The van der Waals surface area contributed by atoms with E-state index in [2.05, 4.69) is 5.32 Å². The highest BCUT2D eigenvalue weighted by atomic mass is 16.5. The van der Waals surface area contributed by atoms with Crippen molar-refractivity contribution in [3.63, 3.8) is 0 Å². The van der Waals surface area contributed by atoms with Crippen molar-refractivity contribution >= 4 is 0 Å². The number of benzene rings is 1. The standard InChI is InChI=1S/C14H23NO3/c1-3-12(16)8-9-15-10-11-6-5-7-13(14(11)17)18-4-2/h5-7,12,15-17H,3-4,8-10H2,1-2H3. The molecule has 0 aliphatic rings. The molecule has 0 aliphatic heterocycles. The average molecular weight is 253 g/mol. The van der Waals surface area contributed by atoms with Gasteiger partial charge in [-0.25, -0.2) is 0 Å². The molecule has 1 aromatic carbocycles. The molecule has 0 saturated heterocycles. The lowest BCUT2D eigenvalue weighted by atomic mass is 10.1. The van der Waals surface area contributed by atoms with Gasteiger partial charge in [-0.2, -0.15) is 0 Å². The van der Waals surface area contributed by atoms with E-state index < -0.39 is 0 Å². The number of aliphatic hydroxyl groups is 1. The van der Waals surface area contributed by atoms with Crippen molar-refractivity contribution in [3.05, 3.63) is 23.8 Å². The molecule has 4 heteroatoms. The molecule has 4 nitrogen and oxygen atoms in total. The molecule has 0 aromatic heterocycles. The van der Waals surface area contributed by atoms with Crippen molar-refractivity contribution in [2.45, 2.75) is 39.3 Å². The minimum Gasteiger partial charge on any atom is -0.504 e. The second-order valence-corrected chi connectivity index (χ2v) is 4.22. The van der Waals surface area contributed by atoms with Crippen molar-refractivity contribution in [2.24, 2.45) is 0 Å². The van der Waals surface area contributed by atoms with E-state index in [1.54, 1.807) is 6.07 Å². The van der Waals surface area contributed by atoms with Crippen molar-refractivity contribution in [1.29, 1.82) is 0 Å². The molecule has 1 unspecified atom stereocenters. The Balaban J connectivity index is 2.44. The van der Waals surface area contributed by atoms with Gasteiger partial charge in [0.15, 0.2) is 11.5 Å². The summed E-state index contributed by atoms with van der Waals surface area (Å²) in [6.45, 7) is 5.68. The monoisotopic (exact) mass is 253 g/mol. The van der Waals surface area contributed by atoms with E-state index in [-0.39, 0.29) is 11.9 Å². The molecule has 1 atom stereocenters. The van der Waals surface area contributed by atoms with E-state index in [1.165, 1.54) is 0 Å². The van der Waals surface area contributed by atoms with E-state index in [4.69, 9.17) is 4.74 Å². The first-order chi connectivity index (χ1) is 8.69. The van der Waals surface area contributed by atoms with Gasteiger partial charge in [0.2, 0.25) is 0 Å². The molecule has 3 N–H and O–H groups in total. The van der Waals surface area contributed by atoms with Crippen molar-refractivity contribution < 1.29 is 14.9 Å². The predicted molar refractivity (Wildman–Crippen MR) is 71.9 cm³/mol. The number of phenolic OH excluding ortho intramolecular Hbond substituents is 1. The summed E-state index contributed by atoms with van der Waals surface area (Å²) >= 11 is 0. The molecule has 102 valence electrons. The van der Waals surface area contributed by atoms with Gasteiger partial charge in [-0.3, -0.25) is 0 Å². The summed E-state index contributed by atoms with van der Waals surface area (Å²) in [7, 11) is 0. The zero-order valence-corrected chi connectivity index (χ0v) is 11.1. The fraction of sp³-hybridized carbons (Fsp3) is 0.571. The van der Waals surface area contributed by atoms with Gasteiger partial charge in [0, 0.05) is 12.1 Å². The summed E-state index contributed by atoms with van der Waals surface area (Å²) in [5, 5.41) is 22.6. The first-order valence-electron chi connectivity index (χ1n) is 6.51. The average Bonchev–Trinajstić information content (AvgIpc) is 2.38. The van der Waals surface area contributed by atoms with Gasteiger partial charge in [0.25, 0.3) is 0 Å². The van der Waals surface area contributed by atoms with Crippen LogP contribution in [0.5, 0.6) is 11.5 Å². The summed E-state index contributed by atoms with van der Waals surface area (Å²) in [4.78, 5) is 0. The smallest absolute Gasteiger partial charge is 0.162 e. The topological polar surface area (TPSA) is 61.7 Å². The van der Waals surface area contributed by atoms with E-state index in [0.29, 0.717) is 18.9 Å². The molecule has 0 spiro atoms. The van der Waals surface area contributed by atoms with Crippen molar-refractivity contribution in [2.75, 3.05) is 13.2 Å². The van der Waals surface area contributed by atoms with Crippen LogP contribution in [0.15, 0.2) is 18.2 Å². The van der Waals surface area contributed by atoms with Crippen LogP contribution in [0.1, 0.15) is 32.3 Å². The Labute approximate surface area is 109 Å². The Morgan fingerprint density at radius 3 is 2.78 bits per heavy atom. The highest BCUT2D eigenvalue weighted by Gasteiger charge is 2.07. The maximum Gasteiger partial charge on any atom is 0.162 e. The highest BCUT2D eigenvalue weighted by molar-refractivity contribution is 5.45. The van der Waals surface area contributed by atoms with Gasteiger partial charge < -0.3 is 20.3 Å². The Hall–Kier alpha value is -1.26. The Morgan fingerprint density at radius 2 is 2.11 bits per heavy atom. The first kappa shape index (κ1) is 14.8. The van der Waals surface area contributed by atoms with E-state index in [0.717, 1.165) is 24.9 Å². The number of hydrogen-bond acceptors (Lipinski definition) is 4. The molecule has 0 amide bonds. The van der Waals surface area contributed by atoms with Crippen molar-refractivity contribution in [1.82, 2.24) is 5.32 Å². The number of para-hydroxylation sites is 1. The molecule has 0 radical (unpaired) electrons. The normalized spacial score (nSPS) is 12.4. The largest absolute Gasteiger partial charge is 0.504 e. The van der Waals surface area contributed by atoms with Crippen LogP contribution < -0.4 is 10.1 Å². The molecule has 1 aromatic rings. The number of aliphatic hydroxyl groups excluding tert-OH is 1. The van der Waals surface area contributed by atoms with Crippen LogP contribution in [-0.2, 0) is 6.54 Å². The maximum atomic E-state index is 9.96. The minimum atomic E-state index is -0.249. The number of ether oxygens (including phenoxy) is 1. The van der Waals surface area contributed by atoms with Crippen LogP contribution in [0.3, 0.4) is 0 Å². The van der Waals surface area contributed by atoms with Crippen LogP contribution >= 0.6 is 0 Å². The van der Waals surface area contributed by atoms with Gasteiger partial charge in [0.05, 0.1) is 12.7 Å². The SMILES string of the molecule is CCOc1cccc(CNCCC(O)CC)c1O. The number of phenols is 1. The fourth-order valence-electron chi connectivity index (χ4n) is 1.68. The Morgan fingerprint density at radius 1 is 1.33 bits per heavy atom. The summed E-state index contributed by atoms with van der Waals surface area (Å²) in [5.41, 5.74) is 0.812. The zero-order valence-electron chi connectivity index (χ0n) is 11.1. The third kappa shape index (κ3) is 4.55. The summed E-state index contributed by atoms with van der Waals surface area (Å²) in [6, 6.07) is 5.48. The Kier molecular flexibility index (Phi) is 6.54. The Bertz CT molecular complexity index is 355. The van der Waals surface area contributed by atoms with Gasteiger partial charge in [0.1, 0.15) is 0 Å². The number of rotatable bonds is 8. The number of hydrogen-bond donors (Lipinski definition) is 3. The van der Waals surface area contributed by atoms with E-state index in [1.807, 2.05) is 26.0 Å². The van der Waals surface area contributed by atoms with Crippen LogP contribution in [0.2, 0.25) is 0 Å². The third-order valence-corrected chi connectivity index (χ3v) is 2.82. The maximum absolute atomic E-state index is 9.96. The predicted octanol–water partition coefficient (Wildman–Crippen LogP) is 2.04. The molecule has 1 rings (SSSR count). The van der Waals surface area contributed by atoms with Crippen LogP contribution in [0, 0.1) is 0 Å². The summed E-state index contributed by atoms with van der Waals surface area (Å²) in [6.07, 6.45) is 1.25. The lowest BCUT2D eigenvalue weighted by Gasteiger charge is -2.12. The first-order valence-corrected chi connectivity index (χ1v) is 6.51. The second-order valence-electron chi connectivity index (χ2n) is 4.22. The molecule has 0 heterocycles. The van der Waals surface area contributed by atoms with E-state index >= 15 is 0 Å². The molecule has 18 heavy (non-hydrogen) atoms.